The van der Waals surface area contributed by atoms with Gasteiger partial charge in [0.2, 0.25) is 0 Å². The van der Waals surface area contributed by atoms with Gasteiger partial charge in [0.15, 0.2) is 5.78 Å². The maximum Gasteiger partial charge on any atom is 0.158 e. The molecule has 0 saturated carbocycles. The Kier molecular flexibility index (Phi) is 4.01. The highest BCUT2D eigenvalue weighted by Crippen LogP contribution is 2.49. The molecule has 0 aromatic rings. The minimum Gasteiger partial charge on any atom is -0.295 e. The molecule has 0 saturated heterocycles. The van der Waals surface area contributed by atoms with Crippen molar-refractivity contribution >= 4 is 5.78 Å². The lowest BCUT2D eigenvalue weighted by atomic mass is 9.67. The molecule has 2 rings (SSSR count). The van der Waals surface area contributed by atoms with Crippen molar-refractivity contribution in [1.82, 2.24) is 0 Å². The average Bonchev–Trinajstić information content (AvgIpc) is 2.47. The lowest BCUT2D eigenvalue weighted by Crippen LogP contribution is -2.31. The second kappa shape index (κ2) is 4.80. The van der Waals surface area contributed by atoms with Gasteiger partial charge in [0.25, 0.3) is 0 Å². The van der Waals surface area contributed by atoms with Gasteiger partial charge in [-0.1, -0.05) is 45.9 Å². The molecular formula is C16H26O. The summed E-state index contributed by atoms with van der Waals surface area (Å²) in [5, 5.41) is 0. The highest BCUT2D eigenvalue weighted by Gasteiger charge is 2.40. The summed E-state index contributed by atoms with van der Waals surface area (Å²) in [5.41, 5.74) is 1.81. The van der Waals surface area contributed by atoms with Crippen LogP contribution in [0.15, 0.2) is 23.8 Å². The van der Waals surface area contributed by atoms with Gasteiger partial charge in [-0.3, -0.25) is 4.79 Å². The summed E-state index contributed by atoms with van der Waals surface area (Å²) >= 11 is 0. The second-order valence-electron chi connectivity index (χ2n) is 6.01. The first-order valence-corrected chi connectivity index (χ1v) is 6.32. The zero-order valence-electron chi connectivity index (χ0n) is 10.8. The monoisotopic (exact) mass is 234 g/mol. The molecular weight excluding hydrogens is 208 g/mol. The summed E-state index contributed by atoms with van der Waals surface area (Å²) in [6, 6.07) is 0. The Bertz CT molecular complexity index is 360. The fourth-order valence-corrected chi connectivity index (χ4v) is 3.15. The first-order valence-electron chi connectivity index (χ1n) is 6.32. The molecule has 3 unspecified atom stereocenters. The molecule has 1 heteroatoms. The molecule has 0 N–H and O–H groups in total. The largest absolute Gasteiger partial charge is 0.295 e. The second-order valence-corrected chi connectivity index (χ2v) is 6.01. The van der Waals surface area contributed by atoms with E-state index in [2.05, 4.69) is 39.8 Å². The molecule has 0 aliphatic heterocycles. The minimum atomic E-state index is 0. The van der Waals surface area contributed by atoms with Crippen molar-refractivity contribution in [3.63, 3.8) is 0 Å². The third-order valence-corrected chi connectivity index (χ3v) is 4.76. The van der Waals surface area contributed by atoms with E-state index in [9.17, 15) is 4.79 Å². The first kappa shape index (κ1) is 14.2. The summed E-state index contributed by atoms with van der Waals surface area (Å²) in [7, 11) is 0. The van der Waals surface area contributed by atoms with Crippen molar-refractivity contribution in [2.75, 3.05) is 0 Å². The van der Waals surface area contributed by atoms with Crippen molar-refractivity contribution in [3.05, 3.63) is 23.8 Å². The van der Waals surface area contributed by atoms with Crippen molar-refractivity contribution in [3.8, 4) is 0 Å². The van der Waals surface area contributed by atoms with Crippen LogP contribution in [0, 0.1) is 23.2 Å². The van der Waals surface area contributed by atoms with Gasteiger partial charge in [-0.15, -0.1) is 0 Å². The summed E-state index contributed by atoms with van der Waals surface area (Å²) in [4.78, 5) is 11.5. The Morgan fingerprint density at radius 1 is 1.35 bits per heavy atom. The van der Waals surface area contributed by atoms with Gasteiger partial charge in [-0.25, -0.2) is 0 Å². The molecule has 0 bridgehead atoms. The van der Waals surface area contributed by atoms with Crippen LogP contribution in [0.2, 0.25) is 0 Å². The predicted octanol–water partition coefficient (Wildman–Crippen LogP) is 4.40. The molecule has 0 aromatic heterocycles. The molecule has 0 radical (unpaired) electrons. The quantitative estimate of drug-likeness (QED) is 0.615. The van der Waals surface area contributed by atoms with Gasteiger partial charge in [-0.05, 0) is 43.1 Å². The van der Waals surface area contributed by atoms with Crippen LogP contribution < -0.4 is 0 Å². The molecule has 17 heavy (non-hydrogen) atoms. The highest BCUT2D eigenvalue weighted by atomic mass is 16.1. The third kappa shape index (κ3) is 2.38. The Hall–Kier alpha value is -0.850. The Morgan fingerprint density at radius 3 is 2.47 bits per heavy atom. The van der Waals surface area contributed by atoms with Gasteiger partial charge in [0.05, 0.1) is 0 Å². The van der Waals surface area contributed by atoms with E-state index in [0.717, 1.165) is 6.42 Å². The van der Waals surface area contributed by atoms with E-state index in [1.54, 1.807) is 0 Å². The van der Waals surface area contributed by atoms with Crippen LogP contribution in [0.1, 0.15) is 48.0 Å². The SMILES string of the molecule is C.CC1=CCC(C2C=CC(=O)C(C)C2)C1(C)C. The fraction of sp³-hybridized carbons (Fsp3) is 0.688. The standard InChI is InChI=1S/C15H22O.CH4/c1-10-9-12(6-8-14(10)16)13-7-5-11(2)15(13,3)4;/h5-6,8,10,12-13H,7,9H2,1-4H3;1H4. The van der Waals surface area contributed by atoms with Crippen LogP contribution in [0.5, 0.6) is 0 Å². The Morgan fingerprint density at radius 2 is 2.00 bits per heavy atom. The van der Waals surface area contributed by atoms with E-state index in [1.165, 1.54) is 12.0 Å². The summed E-state index contributed by atoms with van der Waals surface area (Å²) in [6.07, 6.45) is 8.54. The minimum absolute atomic E-state index is 0. The lowest BCUT2D eigenvalue weighted by molar-refractivity contribution is -0.118. The van der Waals surface area contributed by atoms with Crippen molar-refractivity contribution in [1.29, 1.82) is 0 Å². The molecule has 2 aliphatic carbocycles. The predicted molar refractivity (Wildman–Crippen MR) is 73.8 cm³/mol. The molecule has 96 valence electrons. The molecule has 0 aromatic carbocycles. The molecule has 0 spiro atoms. The van der Waals surface area contributed by atoms with Crippen LogP contribution in [0.4, 0.5) is 0 Å². The van der Waals surface area contributed by atoms with Crippen LogP contribution in [-0.4, -0.2) is 5.78 Å². The fourth-order valence-electron chi connectivity index (χ4n) is 3.15. The number of hydrogen-bond donors (Lipinski definition) is 0. The number of carbonyl (C=O) groups is 1. The van der Waals surface area contributed by atoms with E-state index in [0.29, 0.717) is 23.0 Å². The molecule has 2 aliphatic rings. The van der Waals surface area contributed by atoms with Crippen LogP contribution in [0.25, 0.3) is 0 Å². The molecule has 3 atom stereocenters. The van der Waals surface area contributed by atoms with Gasteiger partial charge >= 0.3 is 0 Å². The summed E-state index contributed by atoms with van der Waals surface area (Å²) < 4.78 is 0. The lowest BCUT2D eigenvalue weighted by Gasteiger charge is -2.36. The third-order valence-electron chi connectivity index (χ3n) is 4.76. The maximum absolute atomic E-state index is 11.5. The molecule has 0 fully saturated rings. The zero-order chi connectivity index (χ0) is 11.9. The summed E-state index contributed by atoms with van der Waals surface area (Å²) in [5.74, 6) is 1.78. The van der Waals surface area contributed by atoms with Crippen LogP contribution >= 0.6 is 0 Å². The molecule has 0 heterocycles. The number of hydrogen-bond acceptors (Lipinski definition) is 1. The average molecular weight is 234 g/mol. The van der Waals surface area contributed by atoms with Crippen molar-refractivity contribution in [2.24, 2.45) is 23.2 Å². The van der Waals surface area contributed by atoms with Crippen LogP contribution in [-0.2, 0) is 4.79 Å². The normalized spacial score (nSPS) is 35.4. The number of rotatable bonds is 1. The van der Waals surface area contributed by atoms with Gasteiger partial charge in [-0.2, -0.15) is 0 Å². The van der Waals surface area contributed by atoms with E-state index in [4.69, 9.17) is 0 Å². The molecule has 1 nitrogen and oxygen atoms in total. The van der Waals surface area contributed by atoms with E-state index in [1.807, 2.05) is 6.08 Å². The zero-order valence-corrected chi connectivity index (χ0v) is 10.8. The topological polar surface area (TPSA) is 17.1 Å². The van der Waals surface area contributed by atoms with E-state index >= 15 is 0 Å². The smallest absolute Gasteiger partial charge is 0.158 e. The number of carbonyl (C=O) groups excluding carboxylic acids is 1. The van der Waals surface area contributed by atoms with Crippen molar-refractivity contribution in [2.45, 2.75) is 48.0 Å². The first-order chi connectivity index (χ1) is 7.43. The van der Waals surface area contributed by atoms with E-state index < -0.39 is 0 Å². The molecule has 0 amide bonds. The Labute approximate surface area is 106 Å². The highest BCUT2D eigenvalue weighted by molar-refractivity contribution is 5.92. The Balaban J connectivity index is 0.00000144. The van der Waals surface area contributed by atoms with Crippen molar-refractivity contribution < 1.29 is 4.79 Å². The van der Waals surface area contributed by atoms with Gasteiger partial charge in [0, 0.05) is 5.92 Å². The van der Waals surface area contributed by atoms with Gasteiger partial charge < -0.3 is 0 Å². The number of allylic oxidation sites excluding steroid dienone is 4. The van der Waals surface area contributed by atoms with Gasteiger partial charge in [0.1, 0.15) is 0 Å². The van der Waals surface area contributed by atoms with E-state index in [-0.39, 0.29) is 13.3 Å². The maximum atomic E-state index is 11.5. The summed E-state index contributed by atoms with van der Waals surface area (Å²) in [6.45, 7) is 8.97. The number of ketones is 1. The van der Waals surface area contributed by atoms with Crippen LogP contribution in [0.3, 0.4) is 0 Å².